The largest absolute Gasteiger partial charge is 0.469 e. The molecule has 0 aliphatic carbocycles. The van der Waals surface area contributed by atoms with Crippen molar-refractivity contribution in [2.24, 2.45) is 0 Å². The number of aryl methyl sites for hydroxylation is 1. The summed E-state index contributed by atoms with van der Waals surface area (Å²) in [7, 11) is -2.52. The summed E-state index contributed by atoms with van der Waals surface area (Å²) < 4.78 is 33.2. The van der Waals surface area contributed by atoms with Crippen LogP contribution in [0.3, 0.4) is 0 Å². The molecule has 8 nitrogen and oxygen atoms in total. The van der Waals surface area contributed by atoms with E-state index in [0.717, 1.165) is 22.3 Å². The zero-order valence-electron chi connectivity index (χ0n) is 19.8. The number of esters is 1. The molecule has 9 heteroatoms. The number of carbonyl (C=O) groups excluding carboxylic acids is 1. The van der Waals surface area contributed by atoms with Gasteiger partial charge in [0.15, 0.2) is 10.9 Å². The van der Waals surface area contributed by atoms with Gasteiger partial charge in [-0.2, -0.15) is 4.31 Å². The molecular formula is C27H26N4O4S. The maximum Gasteiger partial charge on any atom is 0.305 e. The van der Waals surface area contributed by atoms with Gasteiger partial charge < -0.3 is 4.74 Å². The molecule has 0 amide bonds. The Balaban J connectivity index is 1.60. The summed E-state index contributed by atoms with van der Waals surface area (Å²) in [5.74, 6) is 0.315. The Hall–Kier alpha value is -3.95. The molecule has 36 heavy (non-hydrogen) atoms. The van der Waals surface area contributed by atoms with Crippen molar-refractivity contribution in [2.45, 2.75) is 31.0 Å². The van der Waals surface area contributed by atoms with E-state index >= 15 is 0 Å². The van der Waals surface area contributed by atoms with Crippen molar-refractivity contribution in [1.29, 1.82) is 0 Å². The molecule has 0 bridgehead atoms. The molecule has 0 N–H and O–H groups in total. The van der Waals surface area contributed by atoms with Gasteiger partial charge in [-0.1, -0.05) is 54.6 Å². The molecule has 4 aromatic rings. The van der Waals surface area contributed by atoms with Gasteiger partial charge >= 0.3 is 5.97 Å². The van der Waals surface area contributed by atoms with Crippen molar-refractivity contribution >= 4 is 16.0 Å². The number of sulfonamides is 1. The maximum atomic E-state index is 13.6. The number of ether oxygens (including phenoxy) is 1. The normalized spacial score (nSPS) is 11.4. The van der Waals surface area contributed by atoms with E-state index < -0.39 is 10.0 Å². The minimum atomic E-state index is -3.88. The third-order valence-corrected chi connectivity index (χ3v) is 7.28. The first-order chi connectivity index (χ1) is 17.5. The Morgan fingerprint density at radius 3 is 2.19 bits per heavy atom. The van der Waals surface area contributed by atoms with Crippen molar-refractivity contribution in [2.75, 3.05) is 7.11 Å². The van der Waals surface area contributed by atoms with E-state index in [1.165, 1.54) is 23.7 Å². The van der Waals surface area contributed by atoms with Crippen LogP contribution in [0.5, 0.6) is 0 Å². The first-order valence-corrected chi connectivity index (χ1v) is 12.8. The van der Waals surface area contributed by atoms with E-state index in [0.29, 0.717) is 12.2 Å². The average Bonchev–Trinajstić information content (AvgIpc) is 2.93. The van der Waals surface area contributed by atoms with Crippen LogP contribution in [0.25, 0.3) is 11.4 Å². The minimum absolute atomic E-state index is 0.0128. The SMILES string of the molecule is COC(=O)CCc1cccc(CN(Cc2ccc(-c3ncccn3)cc2)S(=O)(=O)c2ccccn2)c1. The second-order valence-electron chi connectivity index (χ2n) is 8.11. The summed E-state index contributed by atoms with van der Waals surface area (Å²) in [5, 5.41) is -0.0128. The van der Waals surface area contributed by atoms with Gasteiger partial charge in [0.2, 0.25) is 0 Å². The Labute approximate surface area is 210 Å². The molecule has 0 fully saturated rings. The summed E-state index contributed by atoms with van der Waals surface area (Å²) >= 11 is 0. The molecule has 4 rings (SSSR count). The van der Waals surface area contributed by atoms with E-state index in [2.05, 4.69) is 15.0 Å². The third kappa shape index (κ3) is 6.38. The molecule has 0 aliphatic rings. The fraction of sp³-hybridized carbons (Fsp3) is 0.185. The van der Waals surface area contributed by atoms with Crippen LogP contribution in [0, 0.1) is 0 Å². The summed E-state index contributed by atoms with van der Waals surface area (Å²) in [5.41, 5.74) is 3.40. The topological polar surface area (TPSA) is 102 Å². The summed E-state index contributed by atoms with van der Waals surface area (Å²) in [6.07, 6.45) is 5.59. The first-order valence-electron chi connectivity index (χ1n) is 11.4. The van der Waals surface area contributed by atoms with Crippen molar-refractivity contribution < 1.29 is 17.9 Å². The lowest BCUT2D eigenvalue weighted by atomic mass is 10.1. The zero-order valence-corrected chi connectivity index (χ0v) is 20.6. The molecule has 2 heterocycles. The highest BCUT2D eigenvalue weighted by atomic mass is 32.2. The highest BCUT2D eigenvalue weighted by Crippen LogP contribution is 2.22. The molecule has 184 valence electrons. The quantitative estimate of drug-likeness (QED) is 0.302. The summed E-state index contributed by atoms with van der Waals surface area (Å²) in [6, 6.07) is 21.6. The highest BCUT2D eigenvalue weighted by molar-refractivity contribution is 7.89. The van der Waals surface area contributed by atoms with Crippen molar-refractivity contribution in [3.63, 3.8) is 0 Å². The lowest BCUT2D eigenvalue weighted by Crippen LogP contribution is -2.31. The van der Waals surface area contributed by atoms with E-state index in [1.807, 2.05) is 48.5 Å². The van der Waals surface area contributed by atoms with E-state index in [1.54, 1.807) is 30.6 Å². The lowest BCUT2D eigenvalue weighted by molar-refractivity contribution is -0.140. The number of nitrogens with zero attached hydrogens (tertiary/aromatic N) is 4. The van der Waals surface area contributed by atoms with Crippen LogP contribution in [-0.4, -0.2) is 40.8 Å². The Morgan fingerprint density at radius 1 is 0.806 bits per heavy atom. The number of benzene rings is 2. The van der Waals surface area contributed by atoms with Gasteiger partial charge in [-0.05, 0) is 41.3 Å². The minimum Gasteiger partial charge on any atom is -0.469 e. The average molecular weight is 503 g/mol. The van der Waals surface area contributed by atoms with Gasteiger partial charge in [-0.3, -0.25) is 4.79 Å². The molecular weight excluding hydrogens is 476 g/mol. The number of pyridine rings is 1. The summed E-state index contributed by atoms with van der Waals surface area (Å²) in [4.78, 5) is 24.1. The molecule has 2 aromatic carbocycles. The number of hydrogen-bond acceptors (Lipinski definition) is 7. The number of carbonyl (C=O) groups is 1. The number of methoxy groups -OCH3 is 1. The lowest BCUT2D eigenvalue weighted by Gasteiger charge is -2.22. The Kier molecular flexibility index (Phi) is 8.14. The molecule has 0 saturated heterocycles. The van der Waals surface area contributed by atoms with Crippen LogP contribution >= 0.6 is 0 Å². The van der Waals surface area contributed by atoms with E-state index in [9.17, 15) is 13.2 Å². The van der Waals surface area contributed by atoms with Crippen molar-refractivity contribution in [3.8, 4) is 11.4 Å². The fourth-order valence-corrected chi connectivity index (χ4v) is 5.05. The van der Waals surface area contributed by atoms with Crippen LogP contribution < -0.4 is 0 Å². The monoisotopic (exact) mass is 502 g/mol. The molecule has 0 saturated carbocycles. The Morgan fingerprint density at radius 2 is 1.50 bits per heavy atom. The molecule has 0 radical (unpaired) electrons. The fourth-order valence-electron chi connectivity index (χ4n) is 3.70. The Bertz CT molecular complexity index is 1400. The van der Waals surface area contributed by atoms with Crippen LogP contribution in [0.2, 0.25) is 0 Å². The molecule has 0 aliphatic heterocycles. The molecule has 0 spiro atoms. The van der Waals surface area contributed by atoms with Gasteiger partial charge in [0.1, 0.15) is 0 Å². The van der Waals surface area contributed by atoms with Gasteiger partial charge in [-0.25, -0.2) is 23.4 Å². The van der Waals surface area contributed by atoms with Crippen LogP contribution in [0.4, 0.5) is 0 Å². The van der Waals surface area contributed by atoms with E-state index in [-0.39, 0.29) is 30.5 Å². The van der Waals surface area contributed by atoms with Crippen molar-refractivity contribution in [1.82, 2.24) is 19.3 Å². The molecule has 2 aromatic heterocycles. The first kappa shape index (κ1) is 25.2. The van der Waals surface area contributed by atoms with Gasteiger partial charge in [0.05, 0.1) is 7.11 Å². The predicted molar refractivity (Wildman–Crippen MR) is 135 cm³/mol. The van der Waals surface area contributed by atoms with Crippen molar-refractivity contribution in [3.05, 3.63) is 108 Å². The number of aromatic nitrogens is 3. The summed E-state index contributed by atoms with van der Waals surface area (Å²) in [6.45, 7) is 0.301. The third-order valence-electron chi connectivity index (χ3n) is 5.57. The number of hydrogen-bond donors (Lipinski definition) is 0. The standard InChI is InChI=1S/C27H26N4O4S/c1-35-26(32)14-11-21-6-4-7-23(18-21)20-31(36(33,34)25-8-2-3-15-28-25)19-22-9-12-24(13-10-22)27-29-16-5-17-30-27/h2-10,12-13,15-18H,11,14,19-20H2,1H3. The second kappa shape index (κ2) is 11.7. The predicted octanol–water partition coefficient (Wildman–Crippen LogP) is 4.04. The highest BCUT2D eigenvalue weighted by Gasteiger charge is 2.26. The van der Waals surface area contributed by atoms with E-state index in [4.69, 9.17) is 4.74 Å². The smallest absolute Gasteiger partial charge is 0.305 e. The van der Waals surface area contributed by atoms with Gasteiger partial charge in [-0.15, -0.1) is 0 Å². The van der Waals surface area contributed by atoms with Gasteiger partial charge in [0.25, 0.3) is 10.0 Å². The maximum absolute atomic E-state index is 13.6. The van der Waals surface area contributed by atoms with Crippen LogP contribution in [0.15, 0.2) is 96.4 Å². The van der Waals surface area contributed by atoms with Crippen LogP contribution in [-0.2, 0) is 39.1 Å². The van der Waals surface area contributed by atoms with Crippen LogP contribution in [0.1, 0.15) is 23.1 Å². The zero-order chi connectivity index (χ0) is 25.4. The molecule has 0 unspecified atom stereocenters. The second-order valence-corrected chi connectivity index (χ2v) is 9.99. The number of rotatable bonds is 10. The molecule has 0 atom stereocenters. The van der Waals surface area contributed by atoms with Gasteiger partial charge in [0, 0.05) is 43.7 Å².